The fourth-order valence-corrected chi connectivity index (χ4v) is 4.68. The largest absolute Gasteiger partial charge is 0.391 e. The van der Waals surface area contributed by atoms with Crippen molar-refractivity contribution >= 4 is 40.3 Å². The Morgan fingerprint density at radius 1 is 1.05 bits per heavy atom. The van der Waals surface area contributed by atoms with Crippen molar-refractivity contribution in [2.75, 3.05) is 0 Å². The zero-order chi connectivity index (χ0) is 13.2. The van der Waals surface area contributed by atoms with Gasteiger partial charge >= 0.3 is 0 Å². The van der Waals surface area contributed by atoms with Crippen LogP contribution in [0.2, 0.25) is 0 Å². The van der Waals surface area contributed by atoms with Gasteiger partial charge in [-0.05, 0) is 35.7 Å². The van der Waals surface area contributed by atoms with E-state index < -0.39 is 0 Å². The highest BCUT2D eigenvalue weighted by atomic mass is 32.1. The third kappa shape index (κ3) is 2.42. The maximum Gasteiger partial charge on any atom is 0.160 e. The van der Waals surface area contributed by atoms with Crippen LogP contribution in [-0.2, 0) is 6.61 Å². The fourth-order valence-electron chi connectivity index (χ4n) is 1.84. The predicted octanol–water partition coefficient (Wildman–Crippen LogP) is 4.51. The minimum atomic E-state index is 0.0830. The standard InChI is InChI=1S/C14H10O2S3/c15-7-9-1-3-12(18-9)11-5-6-17-14(11)13-4-2-10(8-16)19-13/h1-7,16H,8H2. The number of aliphatic hydroxyl groups is 1. The molecule has 3 heterocycles. The van der Waals surface area contributed by atoms with Crippen LogP contribution in [0.15, 0.2) is 35.7 Å². The molecular weight excluding hydrogens is 296 g/mol. The van der Waals surface area contributed by atoms with Crippen LogP contribution in [0, 0.1) is 0 Å². The average Bonchev–Trinajstić information content (AvgIpc) is 3.16. The molecule has 19 heavy (non-hydrogen) atoms. The third-order valence-electron chi connectivity index (χ3n) is 2.71. The van der Waals surface area contributed by atoms with E-state index in [2.05, 4.69) is 11.4 Å². The van der Waals surface area contributed by atoms with Crippen molar-refractivity contribution in [3.63, 3.8) is 0 Å². The van der Waals surface area contributed by atoms with E-state index in [1.54, 1.807) is 22.7 Å². The van der Waals surface area contributed by atoms with Crippen LogP contribution in [0.25, 0.3) is 20.2 Å². The molecule has 0 saturated carbocycles. The molecule has 3 rings (SSSR count). The minimum Gasteiger partial charge on any atom is -0.391 e. The van der Waals surface area contributed by atoms with Gasteiger partial charge < -0.3 is 5.11 Å². The molecule has 0 aliphatic carbocycles. The molecule has 3 aromatic rings. The van der Waals surface area contributed by atoms with Gasteiger partial charge in [-0.15, -0.1) is 34.0 Å². The van der Waals surface area contributed by atoms with Gasteiger partial charge in [0.25, 0.3) is 0 Å². The first-order chi connectivity index (χ1) is 9.31. The molecule has 0 saturated heterocycles. The van der Waals surface area contributed by atoms with Crippen molar-refractivity contribution in [2.45, 2.75) is 6.61 Å². The Morgan fingerprint density at radius 3 is 2.58 bits per heavy atom. The number of carbonyl (C=O) groups is 1. The lowest BCUT2D eigenvalue weighted by atomic mass is 10.2. The lowest BCUT2D eigenvalue weighted by molar-refractivity contribution is 0.112. The van der Waals surface area contributed by atoms with Crippen molar-refractivity contribution in [3.05, 3.63) is 45.5 Å². The molecule has 3 aromatic heterocycles. The SMILES string of the molecule is O=Cc1ccc(-c2ccsc2-c2ccc(CO)s2)s1. The smallest absolute Gasteiger partial charge is 0.160 e. The summed E-state index contributed by atoms with van der Waals surface area (Å²) in [6.45, 7) is 0.0830. The van der Waals surface area contributed by atoms with Gasteiger partial charge in [-0.2, -0.15) is 0 Å². The molecule has 0 aliphatic rings. The van der Waals surface area contributed by atoms with E-state index in [9.17, 15) is 4.79 Å². The number of rotatable bonds is 4. The van der Waals surface area contributed by atoms with Gasteiger partial charge in [-0.1, -0.05) is 0 Å². The number of aldehydes is 1. The first-order valence-corrected chi connectivity index (χ1v) is 8.16. The topological polar surface area (TPSA) is 37.3 Å². The predicted molar refractivity (Wildman–Crippen MR) is 82.3 cm³/mol. The summed E-state index contributed by atoms with van der Waals surface area (Å²) in [5.41, 5.74) is 1.16. The van der Waals surface area contributed by atoms with Gasteiger partial charge in [-0.3, -0.25) is 4.79 Å². The van der Waals surface area contributed by atoms with E-state index >= 15 is 0 Å². The van der Waals surface area contributed by atoms with Crippen molar-refractivity contribution in [1.29, 1.82) is 0 Å². The Kier molecular flexibility index (Phi) is 3.61. The highest BCUT2D eigenvalue weighted by Crippen LogP contribution is 2.42. The molecule has 0 bridgehead atoms. The molecule has 0 aliphatic heterocycles. The zero-order valence-electron chi connectivity index (χ0n) is 9.83. The average molecular weight is 306 g/mol. The van der Waals surface area contributed by atoms with Gasteiger partial charge in [0.05, 0.1) is 16.4 Å². The maximum atomic E-state index is 10.8. The van der Waals surface area contributed by atoms with Crippen LogP contribution in [0.3, 0.4) is 0 Å². The quantitative estimate of drug-likeness (QED) is 0.720. The molecule has 96 valence electrons. The van der Waals surface area contributed by atoms with Gasteiger partial charge in [0.2, 0.25) is 0 Å². The Bertz CT molecular complexity index is 706. The highest BCUT2D eigenvalue weighted by molar-refractivity contribution is 7.22. The highest BCUT2D eigenvalue weighted by Gasteiger charge is 2.13. The summed E-state index contributed by atoms with van der Waals surface area (Å²) in [6, 6.07) is 9.91. The van der Waals surface area contributed by atoms with Crippen molar-refractivity contribution < 1.29 is 9.90 Å². The maximum absolute atomic E-state index is 10.8. The van der Waals surface area contributed by atoms with Crippen LogP contribution < -0.4 is 0 Å². The molecule has 0 spiro atoms. The Morgan fingerprint density at radius 2 is 1.89 bits per heavy atom. The molecule has 0 aromatic carbocycles. The normalized spacial score (nSPS) is 10.8. The van der Waals surface area contributed by atoms with E-state index in [1.165, 1.54) is 16.2 Å². The van der Waals surface area contributed by atoms with E-state index in [0.717, 1.165) is 31.4 Å². The van der Waals surface area contributed by atoms with Gasteiger partial charge in [0.1, 0.15) is 0 Å². The van der Waals surface area contributed by atoms with Gasteiger partial charge in [0.15, 0.2) is 6.29 Å². The van der Waals surface area contributed by atoms with Crippen LogP contribution >= 0.6 is 34.0 Å². The second-order valence-electron chi connectivity index (χ2n) is 3.91. The molecular formula is C14H10O2S3. The van der Waals surface area contributed by atoms with E-state index in [4.69, 9.17) is 5.11 Å². The molecule has 0 amide bonds. The molecule has 0 unspecified atom stereocenters. The summed E-state index contributed by atoms with van der Waals surface area (Å²) in [5, 5.41) is 11.2. The van der Waals surface area contributed by atoms with E-state index in [-0.39, 0.29) is 6.61 Å². The van der Waals surface area contributed by atoms with Gasteiger partial charge in [-0.25, -0.2) is 0 Å². The number of carbonyl (C=O) groups excluding carboxylic acids is 1. The second kappa shape index (κ2) is 5.38. The number of hydrogen-bond donors (Lipinski definition) is 1. The lowest BCUT2D eigenvalue weighted by Crippen LogP contribution is -1.71. The summed E-state index contributed by atoms with van der Waals surface area (Å²) < 4.78 is 0. The van der Waals surface area contributed by atoms with Crippen molar-refractivity contribution in [1.82, 2.24) is 0 Å². The fraction of sp³-hybridized carbons (Fsp3) is 0.0714. The zero-order valence-corrected chi connectivity index (χ0v) is 12.3. The number of thiophene rings is 3. The van der Waals surface area contributed by atoms with E-state index in [0.29, 0.717) is 0 Å². The summed E-state index contributed by atoms with van der Waals surface area (Å²) >= 11 is 4.80. The molecule has 1 N–H and O–H groups in total. The Labute approximate surface area is 122 Å². The third-order valence-corrected chi connectivity index (χ3v) is 5.92. The van der Waals surface area contributed by atoms with E-state index in [1.807, 2.05) is 24.3 Å². The lowest BCUT2D eigenvalue weighted by Gasteiger charge is -1.98. The number of hydrogen-bond acceptors (Lipinski definition) is 5. The van der Waals surface area contributed by atoms with Crippen LogP contribution in [-0.4, -0.2) is 11.4 Å². The molecule has 0 atom stereocenters. The van der Waals surface area contributed by atoms with Crippen molar-refractivity contribution in [2.24, 2.45) is 0 Å². The first-order valence-electron chi connectivity index (χ1n) is 5.64. The summed E-state index contributed by atoms with van der Waals surface area (Å²) in [6.07, 6.45) is 0.884. The monoisotopic (exact) mass is 306 g/mol. The van der Waals surface area contributed by atoms with Crippen LogP contribution in [0.5, 0.6) is 0 Å². The van der Waals surface area contributed by atoms with Gasteiger partial charge in [0, 0.05) is 20.2 Å². The Balaban J connectivity index is 2.04. The van der Waals surface area contributed by atoms with Crippen LogP contribution in [0.1, 0.15) is 14.5 Å². The van der Waals surface area contributed by atoms with Crippen molar-refractivity contribution in [3.8, 4) is 20.2 Å². The summed E-state index contributed by atoms with van der Waals surface area (Å²) in [5.74, 6) is 0. The van der Waals surface area contributed by atoms with Crippen LogP contribution in [0.4, 0.5) is 0 Å². The summed E-state index contributed by atoms with van der Waals surface area (Å²) in [4.78, 5) is 16.0. The molecule has 2 nitrogen and oxygen atoms in total. The summed E-state index contributed by atoms with van der Waals surface area (Å²) in [7, 11) is 0. The number of aliphatic hydroxyl groups excluding tert-OH is 1. The minimum absolute atomic E-state index is 0.0830. The first kappa shape index (κ1) is 12.7. The second-order valence-corrected chi connectivity index (χ2v) is 7.11. The Hall–Kier alpha value is -1.27. The molecule has 0 fully saturated rings. The molecule has 5 heteroatoms. The molecule has 0 radical (unpaired) electrons.